The molecule has 1 heterocycles. The van der Waals surface area contributed by atoms with Gasteiger partial charge in [0.05, 0.1) is 6.54 Å². The van der Waals surface area contributed by atoms with Crippen molar-refractivity contribution in [3.8, 4) is 0 Å². The molecule has 0 radical (unpaired) electrons. The highest BCUT2D eigenvalue weighted by atomic mass is 32.2. The standard InChI is InChI=1S/C11H21F2N3S/c1-8(2)9-7-16(4-5-17-9)11(14-3)15-6-10(12)13/h8-10H,4-7H2,1-3H3,(H,14,15). The lowest BCUT2D eigenvalue weighted by Gasteiger charge is -2.36. The smallest absolute Gasteiger partial charge is 0.255 e. The molecule has 0 aliphatic carbocycles. The number of hydrogen-bond acceptors (Lipinski definition) is 2. The Balaban J connectivity index is 2.51. The average Bonchev–Trinajstić information content (AvgIpc) is 2.30. The van der Waals surface area contributed by atoms with Gasteiger partial charge in [-0.05, 0) is 5.92 Å². The molecule has 1 aliphatic rings. The minimum atomic E-state index is -2.34. The Kier molecular flexibility index (Phi) is 6.02. The molecule has 0 saturated carbocycles. The van der Waals surface area contributed by atoms with Gasteiger partial charge in [-0.15, -0.1) is 0 Å². The van der Waals surface area contributed by atoms with Gasteiger partial charge >= 0.3 is 0 Å². The first-order chi connectivity index (χ1) is 8.04. The lowest BCUT2D eigenvalue weighted by Crippen LogP contribution is -2.49. The fraction of sp³-hybridized carbons (Fsp3) is 0.909. The highest BCUT2D eigenvalue weighted by Crippen LogP contribution is 2.24. The number of thioether (sulfide) groups is 1. The molecule has 0 aromatic heterocycles. The van der Waals surface area contributed by atoms with E-state index in [1.54, 1.807) is 7.05 Å². The number of alkyl halides is 2. The molecule has 1 fully saturated rings. The van der Waals surface area contributed by atoms with Crippen molar-refractivity contribution in [2.45, 2.75) is 25.5 Å². The highest BCUT2D eigenvalue weighted by molar-refractivity contribution is 8.00. The van der Waals surface area contributed by atoms with Gasteiger partial charge in [-0.3, -0.25) is 4.99 Å². The molecular formula is C11H21F2N3S. The van der Waals surface area contributed by atoms with E-state index in [-0.39, 0.29) is 6.54 Å². The van der Waals surface area contributed by atoms with Crippen molar-refractivity contribution in [3.05, 3.63) is 0 Å². The van der Waals surface area contributed by atoms with E-state index in [1.807, 2.05) is 11.8 Å². The van der Waals surface area contributed by atoms with Gasteiger partial charge in [-0.1, -0.05) is 13.8 Å². The van der Waals surface area contributed by atoms with Crippen molar-refractivity contribution in [1.82, 2.24) is 10.2 Å². The third-order valence-electron chi connectivity index (χ3n) is 2.76. The monoisotopic (exact) mass is 265 g/mol. The summed E-state index contributed by atoms with van der Waals surface area (Å²) in [5, 5.41) is 3.26. The van der Waals surface area contributed by atoms with Gasteiger partial charge in [-0.25, -0.2) is 8.78 Å². The number of halogens is 2. The minimum Gasteiger partial charge on any atom is -0.351 e. The molecule has 0 aromatic rings. The van der Waals surface area contributed by atoms with Gasteiger partial charge in [0.15, 0.2) is 5.96 Å². The Hall–Kier alpha value is -0.520. The van der Waals surface area contributed by atoms with Gasteiger partial charge in [0.25, 0.3) is 6.43 Å². The van der Waals surface area contributed by atoms with Crippen molar-refractivity contribution in [3.63, 3.8) is 0 Å². The van der Waals surface area contributed by atoms with E-state index in [2.05, 4.69) is 29.1 Å². The summed E-state index contributed by atoms with van der Waals surface area (Å²) in [4.78, 5) is 6.14. The molecule has 17 heavy (non-hydrogen) atoms. The van der Waals surface area contributed by atoms with Crippen LogP contribution in [0.1, 0.15) is 13.8 Å². The fourth-order valence-corrected chi connectivity index (χ4v) is 3.07. The summed E-state index contributed by atoms with van der Waals surface area (Å²) in [5.41, 5.74) is 0. The summed E-state index contributed by atoms with van der Waals surface area (Å²) in [7, 11) is 1.64. The average molecular weight is 265 g/mol. The normalized spacial score (nSPS) is 22.4. The molecule has 0 bridgehead atoms. The quantitative estimate of drug-likeness (QED) is 0.624. The van der Waals surface area contributed by atoms with E-state index < -0.39 is 6.43 Å². The fourth-order valence-electron chi connectivity index (χ4n) is 1.77. The lowest BCUT2D eigenvalue weighted by molar-refractivity contribution is 0.150. The zero-order valence-corrected chi connectivity index (χ0v) is 11.4. The third-order valence-corrected chi connectivity index (χ3v) is 4.30. The van der Waals surface area contributed by atoms with Gasteiger partial charge in [-0.2, -0.15) is 11.8 Å². The molecule has 1 atom stereocenters. The minimum absolute atomic E-state index is 0.331. The predicted octanol–water partition coefficient (Wildman–Crippen LogP) is 1.90. The van der Waals surface area contributed by atoms with Crippen molar-refractivity contribution < 1.29 is 8.78 Å². The SMILES string of the molecule is CN=C(NCC(F)F)N1CCSC(C(C)C)C1. The van der Waals surface area contributed by atoms with E-state index in [4.69, 9.17) is 0 Å². The lowest BCUT2D eigenvalue weighted by atomic mass is 10.1. The first kappa shape index (κ1) is 14.5. The molecule has 1 N–H and O–H groups in total. The van der Waals surface area contributed by atoms with Gasteiger partial charge < -0.3 is 10.2 Å². The summed E-state index contributed by atoms with van der Waals surface area (Å²) in [6.45, 7) is 5.80. The first-order valence-corrected chi connectivity index (χ1v) is 6.94. The highest BCUT2D eigenvalue weighted by Gasteiger charge is 2.24. The van der Waals surface area contributed by atoms with Gasteiger partial charge in [0.2, 0.25) is 0 Å². The van der Waals surface area contributed by atoms with Crippen LogP contribution in [0.25, 0.3) is 0 Å². The second-order valence-corrected chi connectivity index (χ2v) is 5.77. The summed E-state index contributed by atoms with van der Waals surface area (Å²) < 4.78 is 24.3. The first-order valence-electron chi connectivity index (χ1n) is 5.90. The Bertz CT molecular complexity index is 259. The van der Waals surface area contributed by atoms with Gasteiger partial charge in [0, 0.05) is 31.1 Å². The Morgan fingerprint density at radius 2 is 2.24 bits per heavy atom. The van der Waals surface area contributed by atoms with Crippen LogP contribution in [-0.4, -0.2) is 55.0 Å². The number of aliphatic imine (C=N–C) groups is 1. The Labute approximate surface area is 106 Å². The van der Waals surface area contributed by atoms with Crippen LogP contribution < -0.4 is 5.32 Å². The molecule has 1 unspecified atom stereocenters. The van der Waals surface area contributed by atoms with Crippen LogP contribution in [0, 0.1) is 5.92 Å². The summed E-state index contributed by atoms with van der Waals surface area (Å²) in [6.07, 6.45) is -2.34. The van der Waals surface area contributed by atoms with E-state index in [0.29, 0.717) is 17.1 Å². The second-order valence-electron chi connectivity index (χ2n) is 4.42. The summed E-state index contributed by atoms with van der Waals surface area (Å²) in [5.74, 6) is 2.21. The summed E-state index contributed by atoms with van der Waals surface area (Å²) >= 11 is 1.95. The van der Waals surface area contributed by atoms with Crippen molar-refractivity contribution >= 4 is 17.7 Å². The Morgan fingerprint density at radius 1 is 1.53 bits per heavy atom. The largest absolute Gasteiger partial charge is 0.351 e. The van der Waals surface area contributed by atoms with Crippen molar-refractivity contribution in [2.75, 3.05) is 32.4 Å². The van der Waals surface area contributed by atoms with Crippen LogP contribution in [0.2, 0.25) is 0 Å². The van der Waals surface area contributed by atoms with Crippen molar-refractivity contribution in [1.29, 1.82) is 0 Å². The molecule has 6 heteroatoms. The maximum atomic E-state index is 12.2. The van der Waals surface area contributed by atoms with E-state index in [9.17, 15) is 8.78 Å². The van der Waals surface area contributed by atoms with Crippen LogP contribution >= 0.6 is 11.8 Å². The molecule has 1 rings (SSSR count). The van der Waals surface area contributed by atoms with Crippen LogP contribution in [0.15, 0.2) is 4.99 Å². The molecule has 1 saturated heterocycles. The summed E-state index contributed by atoms with van der Waals surface area (Å²) in [6, 6.07) is 0. The zero-order chi connectivity index (χ0) is 12.8. The third kappa shape index (κ3) is 4.69. The van der Waals surface area contributed by atoms with Crippen LogP contribution in [-0.2, 0) is 0 Å². The van der Waals surface area contributed by atoms with E-state index in [1.165, 1.54) is 0 Å². The van der Waals surface area contributed by atoms with Gasteiger partial charge in [0.1, 0.15) is 0 Å². The number of rotatable bonds is 3. The van der Waals surface area contributed by atoms with Crippen LogP contribution in [0.3, 0.4) is 0 Å². The number of nitrogens with one attached hydrogen (secondary N) is 1. The molecular weight excluding hydrogens is 244 g/mol. The number of hydrogen-bond donors (Lipinski definition) is 1. The number of nitrogens with zero attached hydrogens (tertiary/aromatic N) is 2. The molecule has 3 nitrogen and oxygen atoms in total. The Morgan fingerprint density at radius 3 is 2.76 bits per heavy atom. The van der Waals surface area contributed by atoms with Crippen LogP contribution in [0.5, 0.6) is 0 Å². The van der Waals surface area contributed by atoms with E-state index in [0.717, 1.165) is 18.8 Å². The maximum absolute atomic E-state index is 12.2. The molecule has 1 aliphatic heterocycles. The van der Waals surface area contributed by atoms with Crippen LogP contribution in [0.4, 0.5) is 8.78 Å². The molecule has 100 valence electrons. The molecule has 0 amide bonds. The molecule has 0 spiro atoms. The van der Waals surface area contributed by atoms with E-state index >= 15 is 0 Å². The number of guanidine groups is 1. The predicted molar refractivity (Wildman–Crippen MR) is 70.0 cm³/mol. The topological polar surface area (TPSA) is 27.6 Å². The maximum Gasteiger partial charge on any atom is 0.255 e. The molecule has 0 aromatic carbocycles. The zero-order valence-electron chi connectivity index (χ0n) is 10.6. The van der Waals surface area contributed by atoms with Crippen molar-refractivity contribution in [2.24, 2.45) is 10.9 Å². The second kappa shape index (κ2) is 7.03.